The molecule has 31 heavy (non-hydrogen) atoms. The minimum atomic E-state index is -0.783. The van der Waals surface area contributed by atoms with Gasteiger partial charge in [0.05, 0.1) is 7.11 Å². The Labute approximate surface area is 177 Å². The molecule has 0 bridgehead atoms. The number of methoxy groups -OCH3 is 1. The fraction of sp³-hybridized carbons (Fsp3) is 0.174. The van der Waals surface area contributed by atoms with Gasteiger partial charge in [-0.2, -0.15) is 0 Å². The Morgan fingerprint density at radius 3 is 2.48 bits per heavy atom. The third kappa shape index (κ3) is 4.13. The van der Waals surface area contributed by atoms with Crippen molar-refractivity contribution in [2.75, 3.05) is 7.11 Å². The quantitative estimate of drug-likeness (QED) is 0.366. The number of benzene rings is 2. The summed E-state index contributed by atoms with van der Waals surface area (Å²) in [5, 5.41) is 6.29. The molecule has 5 N–H and O–H groups in total. The number of hydrogen-bond donors (Lipinski definition) is 4. The summed E-state index contributed by atoms with van der Waals surface area (Å²) in [5.74, 6) is -0.663. The van der Waals surface area contributed by atoms with Gasteiger partial charge in [0.15, 0.2) is 0 Å². The molecule has 1 amide bonds. The normalized spacial score (nSPS) is 12.0. The van der Waals surface area contributed by atoms with Crippen LogP contribution in [0.1, 0.15) is 34.7 Å². The van der Waals surface area contributed by atoms with Crippen LogP contribution in [-0.2, 0) is 11.2 Å². The van der Waals surface area contributed by atoms with Gasteiger partial charge < -0.3 is 20.6 Å². The molecule has 4 aromatic rings. The Balaban J connectivity index is 1.81. The highest BCUT2D eigenvalue weighted by atomic mass is 16.5. The number of aromatic nitrogens is 3. The number of nitrogens with one attached hydrogen (secondary N) is 3. The number of para-hydroxylation sites is 1. The first-order chi connectivity index (χ1) is 15.0. The molecule has 0 aliphatic heterocycles. The fourth-order valence-corrected chi connectivity index (χ4v) is 3.85. The molecule has 0 aliphatic rings. The molecule has 1 atom stereocenters. The number of primary amides is 1. The monoisotopic (exact) mass is 418 g/mol. The number of nitrogens with two attached hydrogens (primary N) is 1. The van der Waals surface area contributed by atoms with E-state index in [0.29, 0.717) is 28.8 Å². The lowest BCUT2D eigenvalue weighted by Gasteiger charge is -2.16. The van der Waals surface area contributed by atoms with Gasteiger partial charge >= 0.3 is 0 Å². The van der Waals surface area contributed by atoms with Crippen molar-refractivity contribution in [2.45, 2.75) is 18.8 Å². The summed E-state index contributed by atoms with van der Waals surface area (Å²) in [6.45, 7) is 0. The van der Waals surface area contributed by atoms with Crippen molar-refractivity contribution in [3.8, 4) is 5.75 Å². The largest absolute Gasteiger partial charge is 0.497 e. The lowest BCUT2D eigenvalue weighted by Crippen LogP contribution is -2.26. The number of aromatic amines is 3. The first-order valence-corrected chi connectivity index (χ1v) is 9.79. The minimum Gasteiger partial charge on any atom is -0.497 e. The van der Waals surface area contributed by atoms with Crippen LogP contribution in [-0.4, -0.2) is 28.2 Å². The van der Waals surface area contributed by atoms with Crippen molar-refractivity contribution in [1.82, 2.24) is 15.2 Å². The Kier molecular flexibility index (Phi) is 5.44. The van der Waals surface area contributed by atoms with E-state index in [4.69, 9.17) is 10.5 Å². The molecular formula is C23H22N4O4. The average molecular weight is 418 g/mol. The highest BCUT2D eigenvalue weighted by Gasteiger charge is 2.27. The molecule has 0 fully saturated rings. The summed E-state index contributed by atoms with van der Waals surface area (Å²) in [5.41, 5.74) is 7.60. The van der Waals surface area contributed by atoms with Crippen LogP contribution in [0, 0.1) is 0 Å². The van der Waals surface area contributed by atoms with Crippen LogP contribution < -0.4 is 21.6 Å². The van der Waals surface area contributed by atoms with Crippen LogP contribution in [0.2, 0.25) is 0 Å². The van der Waals surface area contributed by atoms with E-state index in [1.807, 2.05) is 42.5 Å². The van der Waals surface area contributed by atoms with Crippen molar-refractivity contribution in [3.05, 3.63) is 97.7 Å². The predicted molar refractivity (Wildman–Crippen MR) is 117 cm³/mol. The van der Waals surface area contributed by atoms with E-state index < -0.39 is 11.8 Å². The van der Waals surface area contributed by atoms with E-state index in [9.17, 15) is 14.4 Å². The highest BCUT2D eigenvalue weighted by molar-refractivity contribution is 5.80. The van der Waals surface area contributed by atoms with Crippen molar-refractivity contribution < 1.29 is 9.53 Å². The molecule has 0 saturated heterocycles. The number of amides is 1. The fourth-order valence-electron chi connectivity index (χ4n) is 3.85. The van der Waals surface area contributed by atoms with Crippen molar-refractivity contribution in [1.29, 1.82) is 0 Å². The van der Waals surface area contributed by atoms with Gasteiger partial charge in [-0.3, -0.25) is 19.5 Å². The van der Waals surface area contributed by atoms with Crippen LogP contribution >= 0.6 is 0 Å². The number of hydrogen-bond acceptors (Lipinski definition) is 4. The van der Waals surface area contributed by atoms with Gasteiger partial charge in [-0.05, 0) is 35.2 Å². The number of pyridine rings is 1. The standard InChI is InChI=1S/C23H22N4O4/c1-31-15-8-6-13(7-9-15)10-19-21(23(30)27-26-19)16(12-20(24)28)17-11-14-4-2-3-5-18(14)25-22(17)29/h2-9,11,16H,10,12H2,1H3,(H2,24,28)(H,25,29)(H2,26,27,30). The number of carbonyl (C=O) groups is 1. The predicted octanol–water partition coefficient (Wildman–Crippen LogP) is 2.15. The average Bonchev–Trinajstić information content (AvgIpc) is 3.12. The summed E-state index contributed by atoms with van der Waals surface area (Å²) in [6, 6.07) is 16.5. The van der Waals surface area contributed by atoms with Crippen LogP contribution in [0.4, 0.5) is 0 Å². The van der Waals surface area contributed by atoms with Gasteiger partial charge in [0, 0.05) is 41.1 Å². The Hall–Kier alpha value is -4.07. The number of rotatable bonds is 7. The number of ether oxygens (including phenoxy) is 1. The minimum absolute atomic E-state index is 0.169. The molecule has 0 aliphatic carbocycles. The first-order valence-electron chi connectivity index (χ1n) is 9.79. The van der Waals surface area contributed by atoms with Crippen molar-refractivity contribution in [2.24, 2.45) is 5.73 Å². The maximum absolute atomic E-state index is 12.9. The number of carbonyl (C=O) groups excluding carboxylic acids is 1. The molecule has 1 unspecified atom stereocenters. The Bertz CT molecular complexity index is 1350. The maximum Gasteiger partial charge on any atom is 0.267 e. The van der Waals surface area contributed by atoms with Crippen LogP contribution in [0.25, 0.3) is 10.9 Å². The van der Waals surface area contributed by atoms with E-state index in [0.717, 1.165) is 16.7 Å². The molecule has 0 saturated carbocycles. The van der Waals surface area contributed by atoms with E-state index in [2.05, 4.69) is 15.2 Å². The molecule has 8 nitrogen and oxygen atoms in total. The van der Waals surface area contributed by atoms with Gasteiger partial charge in [0.2, 0.25) is 5.91 Å². The van der Waals surface area contributed by atoms with Crippen LogP contribution in [0.15, 0.2) is 64.2 Å². The zero-order valence-corrected chi connectivity index (χ0v) is 16.9. The van der Waals surface area contributed by atoms with Gasteiger partial charge in [0.1, 0.15) is 5.75 Å². The number of fused-ring (bicyclic) bond motifs is 1. The number of H-pyrrole nitrogens is 3. The molecule has 4 rings (SSSR count). The van der Waals surface area contributed by atoms with Crippen molar-refractivity contribution in [3.63, 3.8) is 0 Å². The Morgan fingerprint density at radius 1 is 1.03 bits per heavy atom. The molecule has 0 spiro atoms. The molecule has 2 aromatic carbocycles. The Morgan fingerprint density at radius 2 is 1.77 bits per heavy atom. The van der Waals surface area contributed by atoms with Gasteiger partial charge in [-0.1, -0.05) is 30.3 Å². The zero-order chi connectivity index (χ0) is 22.0. The van der Waals surface area contributed by atoms with Crippen LogP contribution in [0.5, 0.6) is 5.75 Å². The van der Waals surface area contributed by atoms with E-state index in [1.54, 1.807) is 19.2 Å². The lowest BCUT2D eigenvalue weighted by molar-refractivity contribution is -0.118. The molecular weight excluding hydrogens is 396 g/mol. The second kappa shape index (κ2) is 8.35. The SMILES string of the molecule is COc1ccc(Cc2[nH][nH]c(=O)c2C(CC(N)=O)c2cc3ccccc3[nH]c2=O)cc1. The molecule has 158 valence electrons. The van der Waals surface area contributed by atoms with Crippen molar-refractivity contribution >= 4 is 16.8 Å². The zero-order valence-electron chi connectivity index (χ0n) is 16.9. The maximum atomic E-state index is 12.9. The highest BCUT2D eigenvalue weighted by Crippen LogP contribution is 2.28. The summed E-state index contributed by atoms with van der Waals surface area (Å²) >= 11 is 0. The third-order valence-electron chi connectivity index (χ3n) is 5.35. The smallest absolute Gasteiger partial charge is 0.267 e. The molecule has 2 aromatic heterocycles. The molecule has 8 heteroatoms. The van der Waals surface area contributed by atoms with Gasteiger partial charge in [0.25, 0.3) is 11.1 Å². The second-order valence-electron chi connectivity index (χ2n) is 7.36. The first kappa shape index (κ1) is 20.2. The van der Waals surface area contributed by atoms with E-state index in [-0.39, 0.29) is 17.5 Å². The summed E-state index contributed by atoms with van der Waals surface area (Å²) in [7, 11) is 1.59. The summed E-state index contributed by atoms with van der Waals surface area (Å²) in [6.07, 6.45) is 0.233. The van der Waals surface area contributed by atoms with E-state index >= 15 is 0 Å². The summed E-state index contributed by atoms with van der Waals surface area (Å²) in [4.78, 5) is 40.3. The molecule has 0 radical (unpaired) electrons. The summed E-state index contributed by atoms with van der Waals surface area (Å²) < 4.78 is 5.18. The topological polar surface area (TPSA) is 134 Å². The van der Waals surface area contributed by atoms with Gasteiger partial charge in [-0.15, -0.1) is 0 Å². The van der Waals surface area contributed by atoms with Crippen LogP contribution in [0.3, 0.4) is 0 Å². The van der Waals surface area contributed by atoms with Gasteiger partial charge in [-0.25, -0.2) is 0 Å². The molecule has 2 heterocycles. The second-order valence-corrected chi connectivity index (χ2v) is 7.36. The van der Waals surface area contributed by atoms with E-state index in [1.165, 1.54) is 0 Å². The third-order valence-corrected chi connectivity index (χ3v) is 5.35. The lowest BCUT2D eigenvalue weighted by atomic mass is 9.87.